The van der Waals surface area contributed by atoms with E-state index in [4.69, 9.17) is 85.9 Å². The molecule has 40 heavy (non-hydrogen) atoms. The number of fused-ring (bicyclic) bond motifs is 5. The number of hydrogen-bond acceptors (Lipinski definition) is 5. The summed E-state index contributed by atoms with van der Waals surface area (Å²) in [6.45, 7) is 1.36. The van der Waals surface area contributed by atoms with Gasteiger partial charge in [0.1, 0.15) is 21.5 Å². The maximum atomic E-state index is 14.0. The molecule has 2 aromatic rings. The Morgan fingerprint density at radius 2 is 1.38 bits per heavy atom. The van der Waals surface area contributed by atoms with E-state index < -0.39 is 55.5 Å². The highest BCUT2D eigenvalue weighted by molar-refractivity contribution is 6.66. The number of allylic oxidation sites excluding steroid dienone is 2. The topological polar surface area (TPSA) is 84.0 Å². The fraction of sp³-hybridized carbons (Fsp3) is 0.308. The third-order valence-corrected chi connectivity index (χ3v) is 12.1. The van der Waals surface area contributed by atoms with Crippen LogP contribution in [0.25, 0.3) is 0 Å². The van der Waals surface area contributed by atoms with Crippen molar-refractivity contribution in [1.29, 1.82) is 0 Å². The predicted octanol–water partition coefficient (Wildman–Crippen LogP) is 6.42. The standard InChI is InChI=1S/C26H17Cl7N2O5/c1-11(18(36)12-7-9-13(40-2)10-8-12)34(21(37)14-5-3-4-6-15(14)27)35-22(38)16-17(23(35)39)25(31)20(29)19(28)24(16,30)26(25,32)33/h3-11,16-17H,1-2H3/t11-,16-,17+,24-,25-/m1/s1. The summed E-state index contributed by atoms with van der Waals surface area (Å²) < 4.78 is 2.98. The summed E-state index contributed by atoms with van der Waals surface area (Å²) in [5.74, 6) is -6.00. The number of hydrogen-bond donors (Lipinski definition) is 0. The highest BCUT2D eigenvalue weighted by Gasteiger charge is 2.88. The number of nitrogens with zero attached hydrogens (tertiary/aromatic N) is 2. The molecule has 7 nitrogen and oxygen atoms in total. The molecule has 1 heterocycles. The van der Waals surface area contributed by atoms with E-state index in [9.17, 15) is 19.2 Å². The molecule has 5 atom stereocenters. The van der Waals surface area contributed by atoms with Gasteiger partial charge < -0.3 is 4.74 Å². The van der Waals surface area contributed by atoms with E-state index in [1.165, 1.54) is 44.4 Å². The molecule has 14 heteroatoms. The molecule has 210 valence electrons. The van der Waals surface area contributed by atoms with E-state index in [-0.39, 0.29) is 26.2 Å². The van der Waals surface area contributed by atoms with Crippen LogP contribution in [0.15, 0.2) is 58.6 Å². The van der Waals surface area contributed by atoms with Crippen LogP contribution in [-0.2, 0) is 9.59 Å². The minimum absolute atomic E-state index is 0.0249. The van der Waals surface area contributed by atoms with Gasteiger partial charge in [0.25, 0.3) is 17.7 Å². The molecule has 2 aliphatic carbocycles. The van der Waals surface area contributed by atoms with Crippen molar-refractivity contribution in [3.8, 4) is 5.75 Å². The number of Topliss-reactive ketones (excluding diaryl/α,β-unsaturated/α-hetero) is 1. The van der Waals surface area contributed by atoms with Gasteiger partial charge in [-0.25, -0.2) is 5.01 Å². The van der Waals surface area contributed by atoms with Crippen molar-refractivity contribution in [1.82, 2.24) is 10.0 Å². The molecule has 3 aliphatic rings. The number of methoxy groups -OCH3 is 1. The number of imide groups is 1. The second-order valence-electron chi connectivity index (χ2n) is 9.47. The Morgan fingerprint density at radius 1 is 0.875 bits per heavy atom. The van der Waals surface area contributed by atoms with Crippen molar-refractivity contribution < 1.29 is 23.9 Å². The van der Waals surface area contributed by atoms with Crippen LogP contribution in [0.2, 0.25) is 5.02 Å². The lowest BCUT2D eigenvalue weighted by atomic mass is 9.84. The van der Waals surface area contributed by atoms with Crippen molar-refractivity contribution in [3.63, 3.8) is 0 Å². The van der Waals surface area contributed by atoms with Crippen molar-refractivity contribution in [3.05, 3.63) is 74.7 Å². The van der Waals surface area contributed by atoms with Crippen LogP contribution < -0.4 is 4.74 Å². The van der Waals surface area contributed by atoms with Gasteiger partial charge in [0.05, 0.1) is 39.6 Å². The lowest BCUT2D eigenvalue weighted by Crippen LogP contribution is -2.59. The summed E-state index contributed by atoms with van der Waals surface area (Å²) in [4.78, 5) is 51.5. The summed E-state index contributed by atoms with van der Waals surface area (Å²) in [6.07, 6.45) is 0. The normalized spacial score (nSPS) is 29.1. The van der Waals surface area contributed by atoms with Gasteiger partial charge in [-0.05, 0) is 43.3 Å². The first-order valence-corrected chi connectivity index (χ1v) is 14.3. The number of benzene rings is 2. The predicted molar refractivity (Wildman–Crippen MR) is 154 cm³/mol. The molecule has 5 rings (SSSR count). The molecule has 0 radical (unpaired) electrons. The van der Waals surface area contributed by atoms with Gasteiger partial charge in [0, 0.05) is 5.56 Å². The lowest BCUT2D eigenvalue weighted by Gasteiger charge is -2.38. The molecule has 2 fully saturated rings. The second-order valence-corrected chi connectivity index (χ2v) is 13.2. The number of halogens is 7. The summed E-state index contributed by atoms with van der Waals surface area (Å²) >= 11 is 45.9. The number of carbonyl (C=O) groups is 4. The average molecular weight is 686 g/mol. The molecule has 0 aromatic heterocycles. The molecule has 3 amide bonds. The highest BCUT2D eigenvalue weighted by atomic mass is 35.5. The molecule has 1 saturated carbocycles. The molecule has 0 N–H and O–H groups in total. The molecule has 2 bridgehead atoms. The number of rotatable bonds is 6. The second kappa shape index (κ2) is 9.94. The summed E-state index contributed by atoms with van der Waals surface area (Å²) in [7, 11) is 1.47. The number of carbonyl (C=O) groups excluding carboxylic acids is 4. The van der Waals surface area contributed by atoms with Crippen LogP contribution in [0.3, 0.4) is 0 Å². The van der Waals surface area contributed by atoms with E-state index in [2.05, 4.69) is 0 Å². The van der Waals surface area contributed by atoms with Gasteiger partial charge in [-0.2, -0.15) is 5.01 Å². The SMILES string of the molecule is COc1ccc(C(=O)[C@@H](C)N(C(=O)c2ccccc2Cl)N2C(=O)[C@@H]3[C@H](C2=O)[C@@]2(Cl)C(Cl)=C(Cl)[C@@]3(Cl)C2(Cl)Cl)cc1. The molecule has 1 saturated heterocycles. The number of alkyl halides is 4. The molecule has 0 unspecified atom stereocenters. The van der Waals surface area contributed by atoms with Crippen LogP contribution in [-0.4, -0.2) is 60.8 Å². The van der Waals surface area contributed by atoms with Crippen molar-refractivity contribution in [2.24, 2.45) is 11.8 Å². The molecule has 2 aromatic carbocycles. The fourth-order valence-corrected chi connectivity index (χ4v) is 8.64. The quantitative estimate of drug-likeness (QED) is 0.199. The summed E-state index contributed by atoms with van der Waals surface area (Å²) in [6, 6.07) is 10.7. The number of amides is 3. The summed E-state index contributed by atoms with van der Waals surface area (Å²) in [5.41, 5.74) is 0.110. The molecular weight excluding hydrogens is 668 g/mol. The Kier molecular flexibility index (Phi) is 7.40. The van der Waals surface area contributed by atoms with Gasteiger partial charge in [0.15, 0.2) is 10.1 Å². The Labute approximate surface area is 263 Å². The van der Waals surface area contributed by atoms with E-state index in [0.717, 1.165) is 5.01 Å². The van der Waals surface area contributed by atoms with E-state index in [1.807, 2.05) is 0 Å². The Bertz CT molecular complexity index is 1470. The zero-order chi connectivity index (χ0) is 29.5. The molecule has 0 spiro atoms. The largest absolute Gasteiger partial charge is 0.497 e. The lowest BCUT2D eigenvalue weighted by molar-refractivity contribution is -0.157. The number of hydrazine groups is 1. The minimum Gasteiger partial charge on any atom is -0.497 e. The van der Waals surface area contributed by atoms with Crippen molar-refractivity contribution >= 4 is 105 Å². The summed E-state index contributed by atoms with van der Waals surface area (Å²) in [5, 5.41) is 0.738. The highest BCUT2D eigenvalue weighted by Crippen LogP contribution is 2.77. The van der Waals surface area contributed by atoms with Crippen LogP contribution >= 0.6 is 81.2 Å². The van der Waals surface area contributed by atoms with Gasteiger partial charge in [0.2, 0.25) is 0 Å². The van der Waals surface area contributed by atoms with Crippen LogP contribution in [0.1, 0.15) is 27.6 Å². The van der Waals surface area contributed by atoms with Crippen molar-refractivity contribution in [2.45, 2.75) is 27.0 Å². The third-order valence-electron chi connectivity index (χ3n) is 7.53. The van der Waals surface area contributed by atoms with E-state index in [1.54, 1.807) is 18.2 Å². The first-order chi connectivity index (χ1) is 18.7. The maximum absolute atomic E-state index is 14.0. The maximum Gasteiger partial charge on any atom is 0.275 e. The smallest absolute Gasteiger partial charge is 0.275 e. The average Bonchev–Trinajstić information content (AvgIpc) is 3.32. The van der Waals surface area contributed by atoms with Crippen LogP contribution in [0, 0.1) is 11.8 Å². The number of ketones is 1. The van der Waals surface area contributed by atoms with Gasteiger partial charge in [-0.3, -0.25) is 19.2 Å². The molecule has 1 aliphatic heterocycles. The Morgan fingerprint density at radius 3 is 1.85 bits per heavy atom. The zero-order valence-corrected chi connectivity index (χ0v) is 25.7. The monoisotopic (exact) mass is 682 g/mol. The van der Waals surface area contributed by atoms with Crippen LogP contribution in [0.5, 0.6) is 5.75 Å². The zero-order valence-electron chi connectivity index (χ0n) is 20.4. The van der Waals surface area contributed by atoms with E-state index >= 15 is 0 Å². The van der Waals surface area contributed by atoms with Gasteiger partial charge in [-0.15, -0.1) is 23.2 Å². The molecular formula is C26H17Cl7N2O5. The van der Waals surface area contributed by atoms with Crippen LogP contribution in [0.4, 0.5) is 0 Å². The fourth-order valence-electron chi connectivity index (χ4n) is 5.50. The first-order valence-electron chi connectivity index (χ1n) is 11.6. The Hall–Kier alpha value is -1.71. The third kappa shape index (κ3) is 3.65. The number of ether oxygens (including phenoxy) is 1. The van der Waals surface area contributed by atoms with Crippen molar-refractivity contribution in [2.75, 3.05) is 7.11 Å². The van der Waals surface area contributed by atoms with Gasteiger partial charge >= 0.3 is 0 Å². The Balaban J connectivity index is 1.63. The minimum atomic E-state index is -2.16. The van der Waals surface area contributed by atoms with E-state index in [0.29, 0.717) is 10.8 Å². The van der Waals surface area contributed by atoms with Gasteiger partial charge in [-0.1, -0.05) is 70.1 Å². The first kappa shape index (κ1) is 29.8.